The van der Waals surface area contributed by atoms with E-state index in [0.717, 1.165) is 39.8 Å². The number of rotatable bonds is 5. The average Bonchev–Trinajstić information content (AvgIpc) is 3.03. The molecule has 3 aromatic rings. The third-order valence-electron chi connectivity index (χ3n) is 4.97. The van der Waals surface area contributed by atoms with Crippen molar-refractivity contribution in [3.05, 3.63) is 94.4 Å². The molecule has 5 heteroatoms. The minimum Gasteiger partial charge on any atom is -0.497 e. The van der Waals surface area contributed by atoms with Crippen molar-refractivity contribution in [1.29, 1.82) is 0 Å². The first-order chi connectivity index (χ1) is 14.5. The molecular formula is C25H21NO3S. The first kappa shape index (κ1) is 20.0. The maximum absolute atomic E-state index is 12.8. The Balaban J connectivity index is 1.49. The number of methoxy groups -OCH3 is 1. The van der Waals surface area contributed by atoms with E-state index in [1.54, 1.807) is 13.2 Å². The molecule has 0 unspecified atom stereocenters. The number of ether oxygens (including phenoxy) is 1. The molecule has 0 bridgehead atoms. The van der Waals surface area contributed by atoms with Crippen molar-refractivity contribution in [1.82, 2.24) is 4.90 Å². The molecule has 1 saturated heterocycles. The number of carbonyl (C=O) groups excluding carboxylic acids is 2. The Morgan fingerprint density at radius 3 is 2.07 bits per heavy atom. The number of thioether (sulfide) groups is 1. The van der Waals surface area contributed by atoms with Crippen LogP contribution in [-0.2, 0) is 11.3 Å². The van der Waals surface area contributed by atoms with Gasteiger partial charge in [0.25, 0.3) is 11.1 Å². The molecule has 0 radical (unpaired) electrons. The minimum atomic E-state index is -0.261. The van der Waals surface area contributed by atoms with Crippen LogP contribution in [0, 0.1) is 6.92 Å². The summed E-state index contributed by atoms with van der Waals surface area (Å²) >= 11 is 0.980. The standard InChI is InChI=1S/C25H21NO3S/c1-17-3-9-20(10-4-17)21-11-5-18(6-12-21)15-23-24(27)26(25(28)30-23)16-19-7-13-22(29-2)14-8-19/h3-15H,16H2,1-2H3/b23-15-. The van der Waals surface area contributed by atoms with Gasteiger partial charge < -0.3 is 4.74 Å². The fourth-order valence-corrected chi connectivity index (χ4v) is 4.06. The molecule has 3 aromatic carbocycles. The summed E-state index contributed by atoms with van der Waals surface area (Å²) in [5.41, 5.74) is 5.25. The van der Waals surface area contributed by atoms with Gasteiger partial charge in [-0.2, -0.15) is 0 Å². The largest absolute Gasteiger partial charge is 0.497 e. The third-order valence-corrected chi connectivity index (χ3v) is 5.87. The number of carbonyl (C=O) groups is 2. The summed E-state index contributed by atoms with van der Waals surface area (Å²) in [7, 11) is 1.60. The number of hydrogen-bond donors (Lipinski definition) is 0. The molecule has 0 aromatic heterocycles. The van der Waals surface area contributed by atoms with E-state index in [-0.39, 0.29) is 17.7 Å². The third kappa shape index (κ3) is 4.31. The van der Waals surface area contributed by atoms with Crippen LogP contribution >= 0.6 is 11.8 Å². The van der Waals surface area contributed by atoms with Gasteiger partial charge in [-0.25, -0.2) is 0 Å². The summed E-state index contributed by atoms with van der Waals surface area (Å²) in [6, 6.07) is 23.7. The SMILES string of the molecule is COc1ccc(CN2C(=O)S/C(=C\c3ccc(-c4ccc(C)cc4)cc3)C2=O)cc1. The first-order valence-corrected chi connectivity index (χ1v) is 10.4. The first-order valence-electron chi connectivity index (χ1n) is 9.59. The number of imide groups is 1. The van der Waals surface area contributed by atoms with Crippen molar-refractivity contribution in [2.45, 2.75) is 13.5 Å². The Morgan fingerprint density at radius 2 is 1.47 bits per heavy atom. The molecule has 0 aliphatic carbocycles. The lowest BCUT2D eigenvalue weighted by Crippen LogP contribution is -2.27. The normalized spacial score (nSPS) is 15.1. The monoisotopic (exact) mass is 415 g/mol. The van der Waals surface area contributed by atoms with E-state index in [1.165, 1.54) is 10.5 Å². The van der Waals surface area contributed by atoms with E-state index < -0.39 is 0 Å². The van der Waals surface area contributed by atoms with Gasteiger partial charge in [0.15, 0.2) is 0 Å². The van der Waals surface area contributed by atoms with Gasteiger partial charge in [-0.3, -0.25) is 14.5 Å². The van der Waals surface area contributed by atoms with Crippen molar-refractivity contribution < 1.29 is 14.3 Å². The van der Waals surface area contributed by atoms with Crippen LogP contribution in [-0.4, -0.2) is 23.2 Å². The molecule has 1 heterocycles. The van der Waals surface area contributed by atoms with Gasteiger partial charge in [-0.05, 0) is 59.1 Å². The molecule has 2 amide bonds. The predicted molar refractivity (Wildman–Crippen MR) is 121 cm³/mol. The molecule has 0 atom stereocenters. The predicted octanol–water partition coefficient (Wildman–Crippen LogP) is 5.91. The number of benzene rings is 3. The van der Waals surface area contributed by atoms with Crippen LogP contribution in [0.25, 0.3) is 17.2 Å². The van der Waals surface area contributed by atoms with E-state index in [0.29, 0.717) is 4.91 Å². The summed E-state index contributed by atoms with van der Waals surface area (Å²) < 4.78 is 5.15. The number of amides is 2. The van der Waals surface area contributed by atoms with Gasteiger partial charge >= 0.3 is 0 Å². The van der Waals surface area contributed by atoms with Crippen molar-refractivity contribution >= 4 is 29.0 Å². The van der Waals surface area contributed by atoms with E-state index in [4.69, 9.17) is 4.74 Å². The van der Waals surface area contributed by atoms with Gasteiger partial charge in [0.1, 0.15) is 5.75 Å². The van der Waals surface area contributed by atoms with E-state index in [9.17, 15) is 9.59 Å². The van der Waals surface area contributed by atoms with Crippen molar-refractivity contribution in [2.24, 2.45) is 0 Å². The van der Waals surface area contributed by atoms with E-state index in [1.807, 2.05) is 48.5 Å². The second-order valence-corrected chi connectivity index (χ2v) is 8.10. The molecule has 0 saturated carbocycles. The Hall–Kier alpha value is -3.31. The van der Waals surface area contributed by atoms with Gasteiger partial charge in [0, 0.05) is 0 Å². The van der Waals surface area contributed by atoms with Gasteiger partial charge in [-0.15, -0.1) is 0 Å². The molecule has 30 heavy (non-hydrogen) atoms. The zero-order chi connectivity index (χ0) is 21.1. The maximum Gasteiger partial charge on any atom is 0.293 e. The Morgan fingerprint density at radius 1 is 0.867 bits per heavy atom. The number of hydrogen-bond acceptors (Lipinski definition) is 4. The van der Waals surface area contributed by atoms with Crippen LogP contribution in [0.5, 0.6) is 5.75 Å². The molecule has 1 aliphatic rings. The van der Waals surface area contributed by atoms with Crippen LogP contribution in [0.15, 0.2) is 77.7 Å². The smallest absolute Gasteiger partial charge is 0.293 e. The Labute approximate surface area is 180 Å². The molecule has 150 valence electrons. The summed E-state index contributed by atoms with van der Waals surface area (Å²) in [6.07, 6.45) is 1.78. The maximum atomic E-state index is 12.8. The van der Waals surface area contributed by atoms with Crippen molar-refractivity contribution in [2.75, 3.05) is 7.11 Å². The summed E-state index contributed by atoms with van der Waals surface area (Å²) in [4.78, 5) is 26.9. The highest BCUT2D eigenvalue weighted by atomic mass is 32.2. The van der Waals surface area contributed by atoms with E-state index >= 15 is 0 Å². The summed E-state index contributed by atoms with van der Waals surface area (Å²) in [5, 5.41) is -0.252. The van der Waals surface area contributed by atoms with Crippen LogP contribution in [0.4, 0.5) is 4.79 Å². The van der Waals surface area contributed by atoms with Crippen molar-refractivity contribution in [3.8, 4) is 16.9 Å². The second kappa shape index (κ2) is 8.59. The highest BCUT2D eigenvalue weighted by Crippen LogP contribution is 2.33. The quantitative estimate of drug-likeness (QED) is 0.486. The fraction of sp³-hybridized carbons (Fsp3) is 0.120. The molecule has 0 spiro atoms. The fourth-order valence-electron chi connectivity index (χ4n) is 3.22. The number of nitrogens with zero attached hydrogens (tertiary/aromatic N) is 1. The van der Waals surface area contributed by atoms with Gasteiger partial charge in [0.2, 0.25) is 0 Å². The minimum absolute atomic E-state index is 0.248. The zero-order valence-corrected chi connectivity index (χ0v) is 17.6. The Kier molecular flexibility index (Phi) is 5.72. The average molecular weight is 416 g/mol. The van der Waals surface area contributed by atoms with Gasteiger partial charge in [-0.1, -0.05) is 66.2 Å². The number of aryl methyl sites for hydroxylation is 1. The van der Waals surface area contributed by atoms with Crippen LogP contribution in [0.1, 0.15) is 16.7 Å². The molecular weight excluding hydrogens is 394 g/mol. The van der Waals surface area contributed by atoms with Crippen LogP contribution in [0.3, 0.4) is 0 Å². The van der Waals surface area contributed by atoms with Gasteiger partial charge in [0.05, 0.1) is 18.6 Å². The lowest BCUT2D eigenvalue weighted by molar-refractivity contribution is -0.123. The molecule has 1 fully saturated rings. The lowest BCUT2D eigenvalue weighted by Gasteiger charge is -2.12. The zero-order valence-electron chi connectivity index (χ0n) is 16.8. The Bertz CT molecular complexity index is 1100. The topological polar surface area (TPSA) is 46.6 Å². The van der Waals surface area contributed by atoms with E-state index in [2.05, 4.69) is 31.2 Å². The molecule has 1 aliphatic heterocycles. The van der Waals surface area contributed by atoms with Crippen LogP contribution < -0.4 is 4.74 Å². The highest BCUT2D eigenvalue weighted by Gasteiger charge is 2.34. The second-order valence-electron chi connectivity index (χ2n) is 7.10. The van der Waals surface area contributed by atoms with Crippen molar-refractivity contribution in [3.63, 3.8) is 0 Å². The lowest BCUT2D eigenvalue weighted by atomic mass is 10.0. The highest BCUT2D eigenvalue weighted by molar-refractivity contribution is 8.18. The van der Waals surface area contributed by atoms with Crippen LogP contribution in [0.2, 0.25) is 0 Å². The summed E-state index contributed by atoms with van der Waals surface area (Å²) in [5.74, 6) is 0.477. The summed E-state index contributed by atoms with van der Waals surface area (Å²) in [6.45, 7) is 2.31. The molecule has 0 N–H and O–H groups in total. The molecule has 4 nitrogen and oxygen atoms in total. The molecule has 4 rings (SSSR count).